The van der Waals surface area contributed by atoms with Gasteiger partial charge in [-0.05, 0) is 39.2 Å². The molecule has 3 nitrogen and oxygen atoms in total. The van der Waals surface area contributed by atoms with Gasteiger partial charge in [-0.1, -0.05) is 0 Å². The van der Waals surface area contributed by atoms with Crippen molar-refractivity contribution in [1.82, 2.24) is 4.90 Å². The molecule has 1 saturated heterocycles. The van der Waals surface area contributed by atoms with Crippen molar-refractivity contribution in [2.75, 3.05) is 26.8 Å². The second kappa shape index (κ2) is 6.23. The molecule has 1 rings (SSSR count). The second-order valence-electron chi connectivity index (χ2n) is 4.71. The van der Waals surface area contributed by atoms with Crippen molar-refractivity contribution >= 4 is 5.78 Å². The molecular formula is C12H23NO2. The van der Waals surface area contributed by atoms with Crippen molar-refractivity contribution in [2.45, 2.75) is 39.2 Å². The monoisotopic (exact) mass is 213 g/mol. The van der Waals surface area contributed by atoms with Crippen molar-refractivity contribution in [1.29, 1.82) is 0 Å². The SMILES string of the molecule is COCC1CCCN(C(C)CC(C)=O)C1. The van der Waals surface area contributed by atoms with Gasteiger partial charge in [-0.3, -0.25) is 9.69 Å². The van der Waals surface area contributed by atoms with Crippen molar-refractivity contribution in [2.24, 2.45) is 5.92 Å². The lowest BCUT2D eigenvalue weighted by atomic mass is 9.97. The first-order chi connectivity index (χ1) is 7.13. The maximum atomic E-state index is 11.1. The fourth-order valence-corrected chi connectivity index (χ4v) is 2.41. The van der Waals surface area contributed by atoms with Gasteiger partial charge in [0.1, 0.15) is 5.78 Å². The first-order valence-corrected chi connectivity index (χ1v) is 5.86. The van der Waals surface area contributed by atoms with Crippen LogP contribution in [0.4, 0.5) is 0 Å². The largest absolute Gasteiger partial charge is 0.384 e. The Labute approximate surface area is 92.8 Å². The Balaban J connectivity index is 2.37. The lowest BCUT2D eigenvalue weighted by Crippen LogP contribution is -2.43. The topological polar surface area (TPSA) is 29.5 Å². The van der Waals surface area contributed by atoms with E-state index in [1.165, 1.54) is 12.8 Å². The van der Waals surface area contributed by atoms with Gasteiger partial charge < -0.3 is 4.74 Å². The van der Waals surface area contributed by atoms with E-state index in [9.17, 15) is 4.79 Å². The summed E-state index contributed by atoms with van der Waals surface area (Å²) in [5.74, 6) is 0.939. The van der Waals surface area contributed by atoms with Crippen LogP contribution in [0.25, 0.3) is 0 Å². The number of hydrogen-bond donors (Lipinski definition) is 0. The molecule has 1 heterocycles. The van der Waals surface area contributed by atoms with Crippen LogP contribution in [0, 0.1) is 5.92 Å². The van der Waals surface area contributed by atoms with Crippen LogP contribution in [0.15, 0.2) is 0 Å². The summed E-state index contributed by atoms with van der Waals surface area (Å²) in [7, 11) is 1.76. The van der Waals surface area contributed by atoms with Crippen molar-refractivity contribution in [3.8, 4) is 0 Å². The average Bonchev–Trinajstić information content (AvgIpc) is 2.17. The number of nitrogens with zero attached hydrogens (tertiary/aromatic N) is 1. The normalized spacial score (nSPS) is 25.1. The third-order valence-corrected chi connectivity index (χ3v) is 3.16. The van der Waals surface area contributed by atoms with Crippen LogP contribution in [0.5, 0.6) is 0 Å². The summed E-state index contributed by atoms with van der Waals surface area (Å²) in [6.45, 7) is 6.89. The third kappa shape index (κ3) is 4.31. The van der Waals surface area contributed by atoms with Gasteiger partial charge in [0.05, 0.1) is 6.61 Å². The zero-order valence-corrected chi connectivity index (χ0v) is 10.2. The average molecular weight is 213 g/mol. The van der Waals surface area contributed by atoms with Crippen LogP contribution >= 0.6 is 0 Å². The highest BCUT2D eigenvalue weighted by Crippen LogP contribution is 2.19. The Morgan fingerprint density at radius 1 is 1.60 bits per heavy atom. The number of carbonyl (C=O) groups is 1. The molecule has 2 atom stereocenters. The molecule has 0 aromatic rings. The first-order valence-electron chi connectivity index (χ1n) is 5.86. The lowest BCUT2D eigenvalue weighted by Gasteiger charge is -2.36. The molecule has 0 aromatic heterocycles. The summed E-state index contributed by atoms with van der Waals surface area (Å²) in [5, 5.41) is 0. The minimum Gasteiger partial charge on any atom is -0.384 e. The molecule has 0 amide bonds. The molecule has 0 bridgehead atoms. The van der Waals surface area contributed by atoms with Gasteiger partial charge in [0, 0.05) is 26.1 Å². The minimum absolute atomic E-state index is 0.288. The minimum atomic E-state index is 0.288. The molecule has 0 radical (unpaired) electrons. The van der Waals surface area contributed by atoms with Gasteiger partial charge in [0.2, 0.25) is 0 Å². The second-order valence-corrected chi connectivity index (χ2v) is 4.71. The van der Waals surface area contributed by atoms with Crippen LogP contribution in [0.1, 0.15) is 33.1 Å². The van der Waals surface area contributed by atoms with E-state index in [1.54, 1.807) is 14.0 Å². The molecule has 1 aliphatic rings. The third-order valence-electron chi connectivity index (χ3n) is 3.16. The van der Waals surface area contributed by atoms with Gasteiger partial charge in [0.15, 0.2) is 0 Å². The van der Waals surface area contributed by atoms with Gasteiger partial charge in [-0.2, -0.15) is 0 Å². The van der Waals surface area contributed by atoms with E-state index in [0.29, 0.717) is 18.4 Å². The fourth-order valence-electron chi connectivity index (χ4n) is 2.41. The lowest BCUT2D eigenvalue weighted by molar-refractivity contribution is -0.118. The predicted octanol–water partition coefficient (Wildman–Crippen LogP) is 1.71. The fraction of sp³-hybridized carbons (Fsp3) is 0.917. The number of hydrogen-bond acceptors (Lipinski definition) is 3. The van der Waals surface area contributed by atoms with Gasteiger partial charge in [0.25, 0.3) is 0 Å². The molecule has 15 heavy (non-hydrogen) atoms. The summed E-state index contributed by atoms with van der Waals surface area (Å²) in [4.78, 5) is 13.5. The van der Waals surface area contributed by atoms with Crippen LogP contribution in [-0.4, -0.2) is 43.5 Å². The van der Waals surface area contributed by atoms with E-state index in [-0.39, 0.29) is 5.78 Å². The van der Waals surface area contributed by atoms with E-state index >= 15 is 0 Å². The van der Waals surface area contributed by atoms with Crippen LogP contribution in [-0.2, 0) is 9.53 Å². The number of rotatable bonds is 5. The van der Waals surface area contributed by atoms with E-state index in [1.807, 2.05) is 0 Å². The number of likely N-dealkylation sites (tertiary alicyclic amines) is 1. The summed E-state index contributed by atoms with van der Waals surface area (Å²) in [6.07, 6.45) is 3.17. The molecular weight excluding hydrogens is 190 g/mol. The van der Waals surface area contributed by atoms with Gasteiger partial charge >= 0.3 is 0 Å². The first kappa shape index (κ1) is 12.7. The zero-order valence-electron chi connectivity index (χ0n) is 10.2. The number of carbonyl (C=O) groups excluding carboxylic acids is 1. The number of ether oxygens (including phenoxy) is 1. The Morgan fingerprint density at radius 3 is 2.93 bits per heavy atom. The Hall–Kier alpha value is -0.410. The molecule has 1 fully saturated rings. The highest BCUT2D eigenvalue weighted by molar-refractivity contribution is 5.76. The highest BCUT2D eigenvalue weighted by atomic mass is 16.5. The summed E-state index contributed by atoms with van der Waals surface area (Å²) in [5.41, 5.74) is 0. The van der Waals surface area contributed by atoms with Crippen LogP contribution in [0.2, 0.25) is 0 Å². The predicted molar refractivity (Wildman–Crippen MR) is 60.9 cm³/mol. The molecule has 0 aliphatic carbocycles. The van der Waals surface area contributed by atoms with E-state index < -0.39 is 0 Å². The molecule has 1 aliphatic heterocycles. The van der Waals surface area contributed by atoms with Crippen LogP contribution in [0.3, 0.4) is 0 Å². The van der Waals surface area contributed by atoms with Crippen molar-refractivity contribution < 1.29 is 9.53 Å². The maximum Gasteiger partial charge on any atom is 0.131 e. The summed E-state index contributed by atoms with van der Waals surface area (Å²) < 4.78 is 5.20. The van der Waals surface area contributed by atoms with E-state index in [0.717, 1.165) is 19.7 Å². The molecule has 0 aromatic carbocycles. The number of Topliss-reactive ketones (excluding diaryl/α,β-unsaturated/α-hetero) is 1. The van der Waals surface area contributed by atoms with Crippen LogP contribution < -0.4 is 0 Å². The Kier molecular flexibility index (Phi) is 5.26. The molecule has 88 valence electrons. The van der Waals surface area contributed by atoms with Gasteiger partial charge in [-0.25, -0.2) is 0 Å². The molecule has 2 unspecified atom stereocenters. The number of methoxy groups -OCH3 is 1. The van der Waals surface area contributed by atoms with Gasteiger partial charge in [-0.15, -0.1) is 0 Å². The highest BCUT2D eigenvalue weighted by Gasteiger charge is 2.23. The summed E-state index contributed by atoms with van der Waals surface area (Å²) in [6, 6.07) is 0.391. The number of ketones is 1. The summed E-state index contributed by atoms with van der Waals surface area (Å²) >= 11 is 0. The quantitative estimate of drug-likeness (QED) is 0.696. The van der Waals surface area contributed by atoms with E-state index in [4.69, 9.17) is 4.74 Å². The van der Waals surface area contributed by atoms with E-state index in [2.05, 4.69) is 11.8 Å². The van der Waals surface area contributed by atoms with Crippen molar-refractivity contribution in [3.05, 3.63) is 0 Å². The Morgan fingerprint density at radius 2 is 2.33 bits per heavy atom. The zero-order chi connectivity index (χ0) is 11.3. The van der Waals surface area contributed by atoms with Crippen molar-refractivity contribution in [3.63, 3.8) is 0 Å². The smallest absolute Gasteiger partial charge is 0.131 e. The molecule has 0 saturated carbocycles. The molecule has 0 N–H and O–H groups in total. The Bertz CT molecular complexity index is 204. The maximum absolute atomic E-state index is 11.1. The number of piperidine rings is 1. The molecule has 0 spiro atoms. The standard InChI is InChI=1S/C12H23NO2/c1-10(7-11(2)14)13-6-4-5-12(8-13)9-15-3/h10,12H,4-9H2,1-3H3. The molecule has 3 heteroatoms.